The molecule has 0 spiro atoms. The molecule has 1 N–H and O–H groups in total. The van der Waals surface area contributed by atoms with Crippen molar-refractivity contribution in [2.45, 2.75) is 31.7 Å². The van der Waals surface area contributed by atoms with Gasteiger partial charge in [0.25, 0.3) is 5.91 Å². The van der Waals surface area contributed by atoms with Crippen LogP contribution in [0.1, 0.15) is 57.5 Å². The number of fused-ring (bicyclic) bond motifs is 2. The van der Waals surface area contributed by atoms with Crippen LogP contribution in [0.4, 0.5) is 5.82 Å². The van der Waals surface area contributed by atoms with E-state index in [4.69, 9.17) is 16.6 Å². The van der Waals surface area contributed by atoms with Gasteiger partial charge in [0.15, 0.2) is 5.65 Å². The third kappa shape index (κ3) is 2.45. The Bertz CT molecular complexity index is 1320. The van der Waals surface area contributed by atoms with Crippen molar-refractivity contribution >= 4 is 34.5 Å². The summed E-state index contributed by atoms with van der Waals surface area (Å²) in [6.07, 6.45) is 4.27. The van der Waals surface area contributed by atoms with Crippen molar-refractivity contribution < 1.29 is 4.79 Å². The van der Waals surface area contributed by atoms with Gasteiger partial charge in [-0.05, 0) is 60.6 Å². The first-order valence-electron chi connectivity index (χ1n) is 10.00. The number of pyridine rings is 1. The molecule has 30 heavy (non-hydrogen) atoms. The van der Waals surface area contributed by atoms with Crippen LogP contribution in [0.3, 0.4) is 0 Å². The fraction of sp³-hybridized carbons (Fsp3) is 0.273. The van der Waals surface area contributed by atoms with Gasteiger partial charge in [-0.25, -0.2) is 9.67 Å². The summed E-state index contributed by atoms with van der Waals surface area (Å²) in [7, 11) is 1.81. The van der Waals surface area contributed by atoms with Crippen LogP contribution >= 0.6 is 11.6 Å². The van der Waals surface area contributed by atoms with Crippen molar-refractivity contribution in [1.82, 2.24) is 25.0 Å². The average Bonchev–Trinajstić information content (AvgIpc) is 3.27. The number of hydrogen-bond acceptors (Lipinski definition) is 4. The third-order valence-corrected chi connectivity index (χ3v) is 6.34. The highest BCUT2D eigenvalue weighted by Gasteiger charge is 2.45. The second-order valence-corrected chi connectivity index (χ2v) is 8.56. The van der Waals surface area contributed by atoms with Gasteiger partial charge >= 0.3 is 0 Å². The lowest BCUT2D eigenvalue weighted by Crippen LogP contribution is -2.30. The largest absolute Gasteiger partial charge is 0.362 e. The maximum atomic E-state index is 13.7. The van der Waals surface area contributed by atoms with E-state index in [9.17, 15) is 4.79 Å². The minimum Gasteiger partial charge on any atom is -0.362 e. The summed E-state index contributed by atoms with van der Waals surface area (Å²) in [5, 5.41) is 8.94. The van der Waals surface area contributed by atoms with Crippen LogP contribution in [0.5, 0.6) is 0 Å². The van der Waals surface area contributed by atoms with Crippen molar-refractivity contribution in [2.24, 2.45) is 7.05 Å². The van der Waals surface area contributed by atoms with E-state index in [-0.39, 0.29) is 11.9 Å². The highest BCUT2D eigenvalue weighted by atomic mass is 35.5. The normalized spacial score (nSPS) is 18.4. The molecule has 1 aromatic carbocycles. The zero-order chi connectivity index (χ0) is 20.6. The molecule has 0 saturated heterocycles. The lowest BCUT2D eigenvalue weighted by molar-refractivity contribution is 0.0992. The molecular formula is C22H19ClN6O. The number of aryl methyl sites for hydroxylation is 2. The fourth-order valence-corrected chi connectivity index (χ4v) is 4.57. The van der Waals surface area contributed by atoms with Gasteiger partial charge in [0, 0.05) is 18.3 Å². The maximum Gasteiger partial charge on any atom is 0.262 e. The van der Waals surface area contributed by atoms with Crippen molar-refractivity contribution in [3.05, 3.63) is 69.5 Å². The molecule has 1 amide bonds. The summed E-state index contributed by atoms with van der Waals surface area (Å²) in [6.45, 7) is 1.97. The lowest BCUT2D eigenvalue weighted by atomic mass is 10.0. The van der Waals surface area contributed by atoms with E-state index in [1.54, 1.807) is 9.58 Å². The third-order valence-electron chi connectivity index (χ3n) is 6.09. The molecule has 8 heteroatoms. The van der Waals surface area contributed by atoms with Gasteiger partial charge in [0.1, 0.15) is 17.4 Å². The van der Waals surface area contributed by atoms with E-state index < -0.39 is 0 Å². The first-order chi connectivity index (χ1) is 14.5. The van der Waals surface area contributed by atoms with E-state index in [0.717, 1.165) is 46.3 Å². The number of carbonyl (C=O) groups is 1. The molecule has 1 fully saturated rings. The van der Waals surface area contributed by atoms with Crippen LogP contribution in [0.25, 0.3) is 11.2 Å². The second-order valence-electron chi connectivity index (χ2n) is 8.12. The SMILES string of the molecule is Cc1cc(N2C(=O)c3c(C4CC4)c[nH]c3C2c2ccc(Cl)cc2)nc2c1nnn2C. The first-order valence-corrected chi connectivity index (χ1v) is 10.4. The number of halogens is 1. The summed E-state index contributed by atoms with van der Waals surface area (Å²) in [5.74, 6) is 1.05. The molecule has 4 aromatic rings. The fourth-order valence-electron chi connectivity index (χ4n) is 4.45. The van der Waals surface area contributed by atoms with Gasteiger partial charge in [-0.1, -0.05) is 28.9 Å². The zero-order valence-corrected chi connectivity index (χ0v) is 17.3. The van der Waals surface area contributed by atoms with Gasteiger partial charge in [0.2, 0.25) is 0 Å². The van der Waals surface area contributed by atoms with Crippen LogP contribution in [0.2, 0.25) is 5.02 Å². The summed E-state index contributed by atoms with van der Waals surface area (Å²) >= 11 is 6.13. The van der Waals surface area contributed by atoms with Crippen LogP contribution in [0, 0.1) is 6.92 Å². The molecule has 1 aliphatic heterocycles. The number of aromatic amines is 1. The molecule has 0 bridgehead atoms. The van der Waals surface area contributed by atoms with Crippen molar-refractivity contribution in [1.29, 1.82) is 0 Å². The quantitative estimate of drug-likeness (QED) is 0.538. The number of anilines is 1. The number of amides is 1. The van der Waals surface area contributed by atoms with Crippen LogP contribution in [0.15, 0.2) is 36.5 Å². The Labute approximate surface area is 177 Å². The van der Waals surface area contributed by atoms with Crippen LogP contribution in [-0.4, -0.2) is 30.9 Å². The number of aromatic nitrogens is 5. The zero-order valence-electron chi connectivity index (χ0n) is 16.6. The maximum absolute atomic E-state index is 13.7. The van der Waals surface area contributed by atoms with Gasteiger partial charge in [-0.15, -0.1) is 5.10 Å². The minimum atomic E-state index is -0.289. The monoisotopic (exact) mass is 418 g/mol. The molecule has 1 unspecified atom stereocenters. The summed E-state index contributed by atoms with van der Waals surface area (Å²) < 4.78 is 1.64. The number of hydrogen-bond donors (Lipinski definition) is 1. The molecule has 0 radical (unpaired) electrons. The Morgan fingerprint density at radius 1 is 1.20 bits per heavy atom. The van der Waals surface area contributed by atoms with E-state index in [2.05, 4.69) is 15.3 Å². The Kier molecular flexibility index (Phi) is 3.62. The second kappa shape index (κ2) is 6.15. The summed E-state index contributed by atoms with van der Waals surface area (Å²) in [5.41, 5.74) is 6.16. The predicted molar refractivity (Wildman–Crippen MR) is 114 cm³/mol. The Hall–Kier alpha value is -3.19. The number of rotatable bonds is 3. The number of carbonyl (C=O) groups excluding carboxylic acids is 1. The Morgan fingerprint density at radius 3 is 2.70 bits per heavy atom. The molecule has 1 aliphatic carbocycles. The Morgan fingerprint density at radius 2 is 1.97 bits per heavy atom. The van der Waals surface area contributed by atoms with E-state index in [0.29, 0.717) is 22.4 Å². The first kappa shape index (κ1) is 17.7. The topological polar surface area (TPSA) is 79.7 Å². The predicted octanol–water partition coefficient (Wildman–Crippen LogP) is 4.28. The van der Waals surface area contributed by atoms with Crippen LogP contribution < -0.4 is 4.90 Å². The minimum absolute atomic E-state index is 0.0190. The van der Waals surface area contributed by atoms with Gasteiger partial charge in [-0.3, -0.25) is 9.69 Å². The molecule has 6 rings (SSSR count). The van der Waals surface area contributed by atoms with Gasteiger partial charge in [-0.2, -0.15) is 0 Å². The van der Waals surface area contributed by atoms with Crippen LogP contribution in [-0.2, 0) is 7.05 Å². The van der Waals surface area contributed by atoms with E-state index in [1.165, 1.54) is 0 Å². The van der Waals surface area contributed by atoms with Crippen molar-refractivity contribution in [3.8, 4) is 0 Å². The molecule has 150 valence electrons. The number of H-pyrrole nitrogens is 1. The van der Waals surface area contributed by atoms with Crippen molar-refractivity contribution in [3.63, 3.8) is 0 Å². The standard InChI is InChI=1S/C22H19ClN6O/c1-11-9-16(25-21-18(11)26-27-28(21)2)29-20(13-5-7-14(23)8-6-13)19-17(22(29)30)15(10-24-19)12-3-4-12/h5-10,12,20,24H,3-4H2,1-2H3. The molecule has 7 nitrogen and oxygen atoms in total. The molecule has 1 atom stereocenters. The molecule has 3 aromatic heterocycles. The van der Waals surface area contributed by atoms with Gasteiger partial charge in [0.05, 0.1) is 11.3 Å². The van der Waals surface area contributed by atoms with Gasteiger partial charge < -0.3 is 4.98 Å². The molecule has 2 aliphatic rings. The van der Waals surface area contributed by atoms with E-state index in [1.807, 2.05) is 50.5 Å². The smallest absolute Gasteiger partial charge is 0.262 e. The molecular weight excluding hydrogens is 400 g/mol. The lowest BCUT2D eigenvalue weighted by Gasteiger charge is -2.25. The molecule has 1 saturated carbocycles. The Balaban J connectivity index is 1.57. The number of nitrogens with zero attached hydrogens (tertiary/aromatic N) is 5. The van der Waals surface area contributed by atoms with E-state index >= 15 is 0 Å². The van der Waals surface area contributed by atoms with Crippen molar-refractivity contribution in [2.75, 3.05) is 4.90 Å². The summed E-state index contributed by atoms with van der Waals surface area (Å²) in [4.78, 5) is 23.7. The highest BCUT2D eigenvalue weighted by Crippen LogP contribution is 2.48. The average molecular weight is 419 g/mol. The number of nitrogens with one attached hydrogen (secondary N) is 1. The highest BCUT2D eigenvalue weighted by molar-refractivity contribution is 6.30. The molecule has 4 heterocycles. The summed E-state index contributed by atoms with van der Waals surface area (Å²) in [6, 6.07) is 9.28. The number of benzene rings is 1.